The van der Waals surface area contributed by atoms with E-state index < -0.39 is 0 Å². The first-order valence-corrected chi connectivity index (χ1v) is 9.08. The summed E-state index contributed by atoms with van der Waals surface area (Å²) in [6.07, 6.45) is 0. The van der Waals surface area contributed by atoms with Crippen LogP contribution in [0.5, 0.6) is 11.5 Å². The van der Waals surface area contributed by atoms with E-state index in [2.05, 4.69) is 12.1 Å². The van der Waals surface area contributed by atoms with Crippen molar-refractivity contribution in [3.05, 3.63) is 44.9 Å². The van der Waals surface area contributed by atoms with Crippen molar-refractivity contribution >= 4 is 47.0 Å². The molecule has 2 N–H and O–H groups in total. The van der Waals surface area contributed by atoms with E-state index in [1.54, 1.807) is 35.7 Å². The molecule has 0 amide bonds. The fraction of sp³-hybridized carbons (Fsp3) is 0. The highest BCUT2D eigenvalue weighted by Crippen LogP contribution is 2.64. The van der Waals surface area contributed by atoms with Gasteiger partial charge in [0, 0.05) is 9.79 Å². The molecule has 0 atom stereocenters. The van der Waals surface area contributed by atoms with E-state index >= 15 is 0 Å². The molecule has 4 rings (SSSR count). The maximum Gasteiger partial charge on any atom is 0.130 e. The first-order valence-electron chi connectivity index (χ1n) is 5.82. The van der Waals surface area contributed by atoms with Crippen LogP contribution < -0.4 is 0 Å². The fourth-order valence-corrected chi connectivity index (χ4v) is 7.30. The van der Waals surface area contributed by atoms with E-state index in [1.807, 2.05) is 12.1 Å². The second-order valence-corrected chi connectivity index (χ2v) is 8.85. The summed E-state index contributed by atoms with van der Waals surface area (Å²) in [5.41, 5.74) is 0. The van der Waals surface area contributed by atoms with Gasteiger partial charge in [-0.3, -0.25) is 0 Å². The van der Waals surface area contributed by atoms with Crippen LogP contribution >= 0.6 is 47.0 Å². The number of rotatable bonds is 0. The summed E-state index contributed by atoms with van der Waals surface area (Å²) < 4.78 is 2.35. The zero-order valence-corrected chi connectivity index (χ0v) is 13.3. The summed E-state index contributed by atoms with van der Waals surface area (Å²) in [7, 11) is 0. The minimum atomic E-state index is 0.233. The molecule has 2 aromatic carbocycles. The van der Waals surface area contributed by atoms with Crippen molar-refractivity contribution in [2.75, 3.05) is 0 Å². The zero-order valence-electron chi connectivity index (χ0n) is 9.99. The van der Waals surface area contributed by atoms with E-state index in [4.69, 9.17) is 0 Å². The fourth-order valence-electron chi connectivity index (χ4n) is 1.95. The molecule has 0 radical (unpaired) electrons. The van der Waals surface area contributed by atoms with Crippen molar-refractivity contribution < 1.29 is 10.2 Å². The Bertz CT molecular complexity index is 695. The summed E-state index contributed by atoms with van der Waals surface area (Å²) in [6.45, 7) is 0. The smallest absolute Gasteiger partial charge is 0.130 e. The molecule has 2 aliphatic heterocycles. The van der Waals surface area contributed by atoms with E-state index in [9.17, 15) is 10.2 Å². The molecule has 2 nitrogen and oxygen atoms in total. The maximum absolute atomic E-state index is 9.91. The van der Waals surface area contributed by atoms with Crippen molar-refractivity contribution in [2.45, 2.75) is 19.6 Å². The highest BCUT2D eigenvalue weighted by atomic mass is 32.2. The monoisotopic (exact) mass is 336 g/mol. The quantitative estimate of drug-likeness (QED) is 0.635. The molecule has 0 spiro atoms. The Morgan fingerprint density at radius 2 is 1.05 bits per heavy atom. The van der Waals surface area contributed by atoms with E-state index in [-0.39, 0.29) is 11.5 Å². The molecule has 0 aliphatic carbocycles. The number of phenols is 2. The Hall–Kier alpha value is -0.820. The average Bonchev–Trinajstić information content (AvgIpc) is 3.06. The van der Waals surface area contributed by atoms with Gasteiger partial charge in [-0.25, -0.2) is 0 Å². The number of phenolic OH excluding ortho intramolecular Hbond substituents is 2. The highest BCUT2D eigenvalue weighted by Gasteiger charge is 2.29. The van der Waals surface area contributed by atoms with Crippen LogP contribution in [0.4, 0.5) is 0 Å². The van der Waals surface area contributed by atoms with Gasteiger partial charge in [-0.1, -0.05) is 59.2 Å². The molecule has 0 aromatic heterocycles. The van der Waals surface area contributed by atoms with Gasteiger partial charge in [0.2, 0.25) is 0 Å². The molecular formula is C14H8O2S4. The van der Waals surface area contributed by atoms with Crippen LogP contribution in [-0.2, 0) is 0 Å². The lowest BCUT2D eigenvalue weighted by Gasteiger charge is -2.00. The van der Waals surface area contributed by atoms with Crippen molar-refractivity contribution in [1.82, 2.24) is 0 Å². The van der Waals surface area contributed by atoms with E-state index in [0.717, 1.165) is 14.0 Å². The second kappa shape index (κ2) is 4.87. The number of aromatic hydroxyl groups is 2. The highest BCUT2D eigenvalue weighted by molar-refractivity contribution is 8.30. The van der Waals surface area contributed by atoms with Crippen LogP contribution in [-0.4, -0.2) is 10.2 Å². The summed E-state index contributed by atoms with van der Waals surface area (Å²) in [5, 5.41) is 19.8. The molecule has 20 heavy (non-hydrogen) atoms. The van der Waals surface area contributed by atoms with Crippen molar-refractivity contribution in [1.29, 1.82) is 0 Å². The summed E-state index contributed by atoms with van der Waals surface area (Å²) in [5.74, 6) is 0.466. The standard InChI is InChI=1S/C14H8O2S4/c15-7-5-6-8(16)12-11(7)19-14(20-12)13-17-9-3-1-2-4-10(9)18-13/h1-6,15-16H. The molecule has 0 fully saturated rings. The average molecular weight is 336 g/mol. The molecular weight excluding hydrogens is 328 g/mol. The van der Waals surface area contributed by atoms with E-state index in [1.165, 1.54) is 37.6 Å². The number of hydrogen-bond acceptors (Lipinski definition) is 6. The number of benzene rings is 2. The van der Waals surface area contributed by atoms with Gasteiger partial charge in [0.25, 0.3) is 0 Å². The third-order valence-electron chi connectivity index (χ3n) is 2.88. The molecule has 2 heterocycles. The largest absolute Gasteiger partial charge is 0.507 e. The zero-order chi connectivity index (χ0) is 13.7. The lowest BCUT2D eigenvalue weighted by atomic mass is 10.3. The first kappa shape index (κ1) is 12.9. The van der Waals surface area contributed by atoms with Gasteiger partial charge >= 0.3 is 0 Å². The molecule has 0 saturated carbocycles. The van der Waals surface area contributed by atoms with Crippen molar-refractivity contribution in [2.24, 2.45) is 0 Å². The van der Waals surface area contributed by atoms with Crippen LogP contribution in [0.3, 0.4) is 0 Å². The third-order valence-corrected chi connectivity index (χ3v) is 8.60. The lowest BCUT2D eigenvalue weighted by molar-refractivity contribution is 0.436. The summed E-state index contributed by atoms with van der Waals surface area (Å²) in [6, 6.07) is 11.4. The predicted molar refractivity (Wildman–Crippen MR) is 86.7 cm³/mol. The van der Waals surface area contributed by atoms with E-state index in [0.29, 0.717) is 0 Å². The van der Waals surface area contributed by atoms with Gasteiger partial charge in [-0.15, -0.1) is 0 Å². The van der Waals surface area contributed by atoms with Gasteiger partial charge < -0.3 is 10.2 Å². The minimum absolute atomic E-state index is 0.233. The van der Waals surface area contributed by atoms with Gasteiger partial charge in [-0.2, -0.15) is 0 Å². The Morgan fingerprint density at radius 1 is 0.600 bits per heavy atom. The summed E-state index contributed by atoms with van der Waals surface area (Å²) in [4.78, 5) is 4.06. The number of fused-ring (bicyclic) bond motifs is 2. The van der Waals surface area contributed by atoms with Gasteiger partial charge in [0.05, 0.1) is 18.3 Å². The second-order valence-electron chi connectivity index (χ2n) is 4.19. The molecule has 0 unspecified atom stereocenters. The Kier molecular flexibility index (Phi) is 3.14. The normalized spacial score (nSPS) is 16.4. The van der Waals surface area contributed by atoms with Crippen molar-refractivity contribution in [3.8, 4) is 11.5 Å². The molecule has 0 bridgehead atoms. The SMILES string of the molecule is Oc1ccc(O)c2c1SC(=C1Sc3ccccc3S1)S2. The Balaban J connectivity index is 1.73. The van der Waals surface area contributed by atoms with Gasteiger partial charge in [0.15, 0.2) is 0 Å². The Morgan fingerprint density at radius 3 is 1.55 bits per heavy atom. The number of hydrogen-bond donors (Lipinski definition) is 2. The van der Waals surface area contributed by atoms with Crippen LogP contribution in [0, 0.1) is 0 Å². The predicted octanol–water partition coefficient (Wildman–Crippen LogP) is 5.32. The molecule has 0 saturated heterocycles. The van der Waals surface area contributed by atoms with Gasteiger partial charge in [0.1, 0.15) is 11.5 Å². The third kappa shape index (κ3) is 2.02. The van der Waals surface area contributed by atoms with Crippen LogP contribution in [0.1, 0.15) is 0 Å². The Labute approximate surface area is 133 Å². The minimum Gasteiger partial charge on any atom is -0.507 e. The van der Waals surface area contributed by atoms with Crippen LogP contribution in [0.2, 0.25) is 0 Å². The lowest BCUT2D eigenvalue weighted by Crippen LogP contribution is -1.73. The van der Waals surface area contributed by atoms with Crippen LogP contribution in [0.15, 0.2) is 64.5 Å². The molecule has 6 heteroatoms. The molecule has 2 aromatic rings. The summed E-state index contributed by atoms with van der Waals surface area (Å²) >= 11 is 6.58. The van der Waals surface area contributed by atoms with Gasteiger partial charge in [-0.05, 0) is 24.3 Å². The number of thioether (sulfide) groups is 4. The topological polar surface area (TPSA) is 40.5 Å². The van der Waals surface area contributed by atoms with Crippen LogP contribution in [0.25, 0.3) is 0 Å². The maximum atomic E-state index is 9.91. The van der Waals surface area contributed by atoms with Crippen molar-refractivity contribution in [3.63, 3.8) is 0 Å². The molecule has 100 valence electrons. The molecule has 2 aliphatic rings. The first-order chi connectivity index (χ1) is 9.72.